The number of hydrogen-bond donors (Lipinski definition) is 1. The molecule has 0 spiro atoms. The van der Waals surface area contributed by atoms with E-state index < -0.39 is 32.4 Å². The van der Waals surface area contributed by atoms with Crippen molar-refractivity contribution in [1.82, 2.24) is 4.72 Å². The second kappa shape index (κ2) is 5.54. The van der Waals surface area contributed by atoms with E-state index in [2.05, 4.69) is 4.72 Å². The number of sulfonamides is 1. The van der Waals surface area contributed by atoms with Gasteiger partial charge in [-0.15, -0.1) is 11.6 Å². The van der Waals surface area contributed by atoms with Gasteiger partial charge in [-0.3, -0.25) is 0 Å². The molecule has 0 aliphatic heterocycles. The van der Waals surface area contributed by atoms with Crippen LogP contribution in [0, 0.1) is 22.9 Å². The van der Waals surface area contributed by atoms with Gasteiger partial charge < -0.3 is 0 Å². The third-order valence-corrected chi connectivity index (χ3v) is 5.09. The molecule has 112 valence electrons. The molecule has 0 atom stereocenters. The summed E-state index contributed by atoms with van der Waals surface area (Å²) in [5.41, 5.74) is -0.220. The Morgan fingerprint density at radius 2 is 1.75 bits per heavy atom. The van der Waals surface area contributed by atoms with Crippen LogP contribution in [-0.2, 0) is 10.0 Å². The molecule has 8 heteroatoms. The molecule has 1 aliphatic carbocycles. The van der Waals surface area contributed by atoms with Crippen LogP contribution in [0.25, 0.3) is 0 Å². The van der Waals surface area contributed by atoms with Gasteiger partial charge in [-0.05, 0) is 24.7 Å². The van der Waals surface area contributed by atoms with Crippen molar-refractivity contribution >= 4 is 21.6 Å². The van der Waals surface area contributed by atoms with Crippen LogP contribution in [0.5, 0.6) is 0 Å². The maximum absolute atomic E-state index is 13.5. The standard InChI is InChI=1S/C12H13ClF3NO2S/c13-4-3-12(1-2-12)7-17-20(18,19)11-9(15)5-8(14)6-10(11)16/h5-6,17H,1-4,7H2. The Hall–Kier alpha value is -0.790. The minimum absolute atomic E-state index is 0.0678. The summed E-state index contributed by atoms with van der Waals surface area (Å²) < 4.78 is 65.7. The summed E-state index contributed by atoms with van der Waals surface area (Å²) >= 11 is 5.62. The van der Waals surface area contributed by atoms with Crippen molar-refractivity contribution in [2.24, 2.45) is 5.41 Å². The van der Waals surface area contributed by atoms with Crippen LogP contribution in [0.15, 0.2) is 17.0 Å². The first-order chi connectivity index (χ1) is 9.30. The fraction of sp³-hybridized carbons (Fsp3) is 0.500. The van der Waals surface area contributed by atoms with Crippen LogP contribution in [0.4, 0.5) is 13.2 Å². The highest BCUT2D eigenvalue weighted by atomic mass is 35.5. The number of hydrogen-bond acceptors (Lipinski definition) is 2. The minimum atomic E-state index is -4.36. The molecule has 1 aromatic carbocycles. The number of nitrogens with one attached hydrogen (secondary N) is 1. The molecule has 1 aromatic rings. The maximum Gasteiger partial charge on any atom is 0.246 e. The second-order valence-corrected chi connectivity index (χ2v) is 7.04. The van der Waals surface area contributed by atoms with Gasteiger partial charge in [0, 0.05) is 24.6 Å². The average molecular weight is 328 g/mol. The Morgan fingerprint density at radius 1 is 1.20 bits per heavy atom. The highest BCUT2D eigenvalue weighted by molar-refractivity contribution is 7.89. The van der Waals surface area contributed by atoms with E-state index in [1.54, 1.807) is 0 Å². The van der Waals surface area contributed by atoms with Crippen LogP contribution in [-0.4, -0.2) is 20.8 Å². The Balaban J connectivity index is 2.19. The van der Waals surface area contributed by atoms with E-state index in [9.17, 15) is 21.6 Å². The normalized spacial score (nSPS) is 17.2. The molecule has 1 saturated carbocycles. The zero-order valence-corrected chi connectivity index (χ0v) is 12.0. The van der Waals surface area contributed by atoms with Crippen molar-refractivity contribution in [1.29, 1.82) is 0 Å². The lowest BCUT2D eigenvalue weighted by Crippen LogP contribution is -2.31. The van der Waals surface area contributed by atoms with Gasteiger partial charge >= 0.3 is 0 Å². The molecule has 0 bridgehead atoms. The molecule has 1 N–H and O–H groups in total. The van der Waals surface area contributed by atoms with Crippen LogP contribution >= 0.6 is 11.6 Å². The van der Waals surface area contributed by atoms with Crippen LogP contribution in [0.2, 0.25) is 0 Å². The molecule has 2 rings (SSSR count). The number of rotatable bonds is 6. The summed E-state index contributed by atoms with van der Waals surface area (Å²) in [7, 11) is -4.36. The summed E-state index contributed by atoms with van der Waals surface area (Å²) in [6.07, 6.45) is 2.26. The van der Waals surface area contributed by atoms with Gasteiger partial charge in [0.25, 0.3) is 0 Å². The first-order valence-electron chi connectivity index (χ1n) is 6.00. The lowest BCUT2D eigenvalue weighted by Gasteiger charge is -2.15. The summed E-state index contributed by atoms with van der Waals surface area (Å²) in [4.78, 5) is -1.15. The zero-order chi connectivity index (χ0) is 15.0. The summed E-state index contributed by atoms with van der Waals surface area (Å²) in [6, 6.07) is 0.673. The third-order valence-electron chi connectivity index (χ3n) is 3.45. The maximum atomic E-state index is 13.5. The highest BCUT2D eigenvalue weighted by Crippen LogP contribution is 2.48. The Kier molecular flexibility index (Phi) is 4.32. The summed E-state index contributed by atoms with van der Waals surface area (Å²) in [5.74, 6) is -3.67. The molecule has 0 unspecified atom stereocenters. The quantitative estimate of drug-likeness (QED) is 0.817. The van der Waals surface area contributed by atoms with E-state index in [0.717, 1.165) is 12.8 Å². The van der Waals surface area contributed by atoms with E-state index in [4.69, 9.17) is 11.6 Å². The SMILES string of the molecule is O=S(=O)(NCC1(CCCl)CC1)c1c(F)cc(F)cc1F. The molecule has 3 nitrogen and oxygen atoms in total. The first kappa shape index (κ1) is 15.6. The topological polar surface area (TPSA) is 46.2 Å². The van der Waals surface area contributed by atoms with E-state index in [1.165, 1.54) is 0 Å². The van der Waals surface area contributed by atoms with Gasteiger partial charge in [0.05, 0.1) is 0 Å². The van der Waals surface area contributed by atoms with Crippen molar-refractivity contribution in [3.63, 3.8) is 0 Å². The molecule has 0 saturated heterocycles. The van der Waals surface area contributed by atoms with E-state index >= 15 is 0 Å². The van der Waals surface area contributed by atoms with Gasteiger partial charge in [-0.25, -0.2) is 26.3 Å². The van der Waals surface area contributed by atoms with Gasteiger partial charge in [-0.1, -0.05) is 0 Å². The number of halogens is 4. The van der Waals surface area contributed by atoms with Gasteiger partial charge in [0.1, 0.15) is 17.5 Å². The predicted octanol–water partition coefficient (Wildman–Crippen LogP) is 2.79. The molecule has 0 radical (unpaired) electrons. The summed E-state index contributed by atoms with van der Waals surface area (Å²) in [6.45, 7) is 0.0678. The Morgan fingerprint density at radius 3 is 2.20 bits per heavy atom. The average Bonchev–Trinajstić information content (AvgIpc) is 3.06. The first-order valence-corrected chi connectivity index (χ1v) is 8.02. The third kappa shape index (κ3) is 3.27. The number of benzene rings is 1. The van der Waals surface area contributed by atoms with Gasteiger partial charge in [0.2, 0.25) is 10.0 Å². The lowest BCUT2D eigenvalue weighted by molar-refractivity contribution is 0.466. The Bertz CT molecular complexity index is 594. The molecule has 0 heterocycles. The smallest absolute Gasteiger partial charge is 0.210 e. The van der Waals surface area contributed by atoms with Crippen LogP contribution in [0.1, 0.15) is 19.3 Å². The van der Waals surface area contributed by atoms with Crippen molar-refractivity contribution in [3.05, 3.63) is 29.6 Å². The molecule has 0 aromatic heterocycles. The lowest BCUT2D eigenvalue weighted by atomic mass is 10.1. The molecular formula is C12H13ClF3NO2S. The van der Waals surface area contributed by atoms with Gasteiger partial charge in [0.15, 0.2) is 4.90 Å². The molecule has 20 heavy (non-hydrogen) atoms. The van der Waals surface area contributed by atoms with Gasteiger partial charge in [-0.2, -0.15) is 0 Å². The molecule has 1 fully saturated rings. The monoisotopic (exact) mass is 327 g/mol. The van der Waals surface area contributed by atoms with E-state index in [0.29, 0.717) is 24.4 Å². The van der Waals surface area contributed by atoms with Crippen molar-refractivity contribution in [2.45, 2.75) is 24.2 Å². The van der Waals surface area contributed by atoms with E-state index in [-0.39, 0.29) is 12.0 Å². The molecule has 1 aliphatic rings. The summed E-state index contributed by atoms with van der Waals surface area (Å²) in [5, 5.41) is 0. The fourth-order valence-corrected chi connectivity index (χ4v) is 3.67. The largest absolute Gasteiger partial charge is 0.246 e. The predicted molar refractivity (Wildman–Crippen MR) is 68.5 cm³/mol. The molecular weight excluding hydrogens is 315 g/mol. The number of alkyl halides is 1. The van der Waals surface area contributed by atoms with Crippen molar-refractivity contribution in [3.8, 4) is 0 Å². The van der Waals surface area contributed by atoms with Crippen molar-refractivity contribution in [2.75, 3.05) is 12.4 Å². The van der Waals surface area contributed by atoms with Crippen LogP contribution < -0.4 is 4.72 Å². The van der Waals surface area contributed by atoms with Crippen LogP contribution in [0.3, 0.4) is 0 Å². The van der Waals surface area contributed by atoms with Crippen molar-refractivity contribution < 1.29 is 21.6 Å². The highest BCUT2D eigenvalue weighted by Gasteiger charge is 2.42. The Labute approximate surface area is 120 Å². The molecule has 0 amide bonds. The minimum Gasteiger partial charge on any atom is -0.210 e. The zero-order valence-electron chi connectivity index (χ0n) is 10.4. The second-order valence-electron chi connectivity index (χ2n) is 4.96. The fourth-order valence-electron chi connectivity index (χ4n) is 2.00. The van der Waals surface area contributed by atoms with E-state index in [1.807, 2.05) is 0 Å².